The minimum atomic E-state index is -5.17. The number of quaternary nitrogens is 2. The van der Waals surface area contributed by atoms with Crippen LogP contribution < -0.4 is 0 Å². The number of nitrogens with zero attached hydrogens (tertiary/aromatic N) is 2. The van der Waals surface area contributed by atoms with Crippen LogP contribution in [0.25, 0.3) is 0 Å². The zero-order valence-corrected chi connectivity index (χ0v) is 35.5. The van der Waals surface area contributed by atoms with Crippen molar-refractivity contribution in [1.29, 1.82) is 0 Å². The van der Waals surface area contributed by atoms with Crippen LogP contribution in [0, 0.1) is 0 Å². The average molecular weight is 731 g/mol. The maximum absolute atomic E-state index is 9.01. The third-order valence-corrected chi connectivity index (χ3v) is 9.58. The van der Waals surface area contributed by atoms with Crippen molar-refractivity contribution in [3.63, 3.8) is 0 Å². The molecule has 1 atom stereocenters. The normalized spacial score (nSPS) is 12.2. The molecule has 0 spiro atoms. The molecule has 50 heavy (non-hydrogen) atoms. The molecule has 1 aromatic carbocycles. The Kier molecular flexibility index (Phi) is 38.7. The first-order chi connectivity index (χ1) is 23.8. The second kappa shape index (κ2) is 36.3. The fourth-order valence-electron chi connectivity index (χ4n) is 6.31. The van der Waals surface area contributed by atoms with Gasteiger partial charge in [0.2, 0.25) is 0 Å². The maximum atomic E-state index is 9.01. The summed E-state index contributed by atoms with van der Waals surface area (Å²) in [5.74, 6) is 0. The van der Waals surface area contributed by atoms with Gasteiger partial charge in [0.25, 0.3) is 0 Å². The van der Waals surface area contributed by atoms with Crippen molar-refractivity contribution in [1.82, 2.24) is 0 Å². The highest BCUT2D eigenvalue weighted by Crippen LogP contribution is 2.17. The van der Waals surface area contributed by atoms with Gasteiger partial charge in [0.15, 0.2) is 0 Å². The predicted molar refractivity (Wildman–Crippen MR) is 216 cm³/mol. The van der Waals surface area contributed by atoms with Gasteiger partial charge in [0.05, 0.1) is 58.5 Å². The lowest BCUT2D eigenvalue weighted by Crippen LogP contribution is -2.50. The van der Waals surface area contributed by atoms with Crippen LogP contribution in [0.5, 0.6) is 0 Å². The summed E-state index contributed by atoms with van der Waals surface area (Å²) in [6.07, 6.45) is 23.8. The van der Waals surface area contributed by atoms with Gasteiger partial charge in [-0.3, -0.25) is 8.42 Å². The molecule has 0 heterocycles. The van der Waals surface area contributed by atoms with Crippen LogP contribution in [0.4, 0.5) is 0 Å². The number of hydrogen-bond donors (Lipinski definition) is 1. The van der Waals surface area contributed by atoms with Gasteiger partial charge in [-0.25, -0.2) is 0 Å². The van der Waals surface area contributed by atoms with E-state index in [2.05, 4.69) is 67.5 Å². The number of unbranched alkanes of at least 4 members (excludes halogenated alkanes) is 8. The lowest BCUT2D eigenvalue weighted by atomic mass is 10.1. The highest BCUT2D eigenvalue weighted by atomic mass is 32.3. The minimum absolute atomic E-state index is 0.185. The van der Waals surface area contributed by atoms with Gasteiger partial charge >= 0.3 is 0 Å². The Morgan fingerprint density at radius 3 is 0.920 bits per heavy atom. The molecule has 1 N–H and O–H groups in total. The summed E-state index contributed by atoms with van der Waals surface area (Å²) in [4.78, 5) is 0. The van der Waals surface area contributed by atoms with Gasteiger partial charge in [-0.05, 0) is 76.7 Å². The molecule has 0 amide bonds. The summed E-state index contributed by atoms with van der Waals surface area (Å²) in [6, 6.07) is 10.2. The van der Waals surface area contributed by atoms with E-state index >= 15 is 0 Å². The molecule has 0 saturated carbocycles. The molecular formula is C42H86N2O5S. The molecule has 0 saturated heterocycles. The molecule has 0 radical (unpaired) electrons. The molecule has 0 fully saturated rings. The number of aryl methyl sites for hydroxylation is 1. The van der Waals surface area contributed by atoms with E-state index in [0.29, 0.717) is 0 Å². The Morgan fingerprint density at radius 2 is 0.740 bits per heavy atom. The fraction of sp³-hybridized carbons (Fsp3) is 0.857. The monoisotopic (exact) mass is 731 g/mol. The van der Waals surface area contributed by atoms with Gasteiger partial charge in [-0.1, -0.05) is 137 Å². The summed E-state index contributed by atoms with van der Waals surface area (Å²) in [6.45, 7) is 31.9. The summed E-state index contributed by atoms with van der Waals surface area (Å²) in [5.41, 5.74) is 1.30. The molecule has 1 aromatic rings. The Morgan fingerprint density at radius 1 is 0.520 bits per heavy atom. The van der Waals surface area contributed by atoms with Crippen LogP contribution in [-0.4, -0.2) is 90.1 Å². The first-order valence-corrected chi connectivity index (χ1v) is 22.2. The van der Waals surface area contributed by atoms with E-state index in [1.807, 2.05) is 25.1 Å². The van der Waals surface area contributed by atoms with Crippen molar-refractivity contribution >= 4 is 10.4 Å². The minimum Gasteiger partial charge on any atom is -0.759 e. The summed E-state index contributed by atoms with van der Waals surface area (Å²) in [5, 5.41) is 9.01. The topological polar surface area (TPSA) is 100 Å². The Hall–Kier alpha value is -1.03. The average Bonchev–Trinajstić information content (AvgIpc) is 3.10. The number of aliphatic hydroxyl groups is 1. The highest BCUT2D eigenvalue weighted by Gasteiger charge is 2.25. The second-order valence-corrected chi connectivity index (χ2v) is 15.4. The lowest BCUT2D eigenvalue weighted by Gasteiger charge is -2.39. The van der Waals surface area contributed by atoms with Crippen molar-refractivity contribution in [3.05, 3.63) is 35.9 Å². The molecular weight excluding hydrogens is 645 g/mol. The first-order valence-electron chi connectivity index (χ1n) is 20.9. The van der Waals surface area contributed by atoms with Crippen LogP contribution in [-0.2, 0) is 16.8 Å². The fourth-order valence-corrected chi connectivity index (χ4v) is 6.31. The molecule has 300 valence electrons. The molecule has 0 aliphatic heterocycles. The van der Waals surface area contributed by atoms with Crippen LogP contribution in [0.1, 0.15) is 177 Å². The molecule has 0 aliphatic carbocycles. The Bertz CT molecular complexity index is 793. The van der Waals surface area contributed by atoms with E-state index in [9.17, 15) is 0 Å². The van der Waals surface area contributed by atoms with Gasteiger partial charge in [0.1, 0.15) is 0 Å². The van der Waals surface area contributed by atoms with Crippen LogP contribution >= 0.6 is 0 Å². The van der Waals surface area contributed by atoms with Gasteiger partial charge in [-0.2, -0.15) is 0 Å². The van der Waals surface area contributed by atoms with Crippen LogP contribution in [0.2, 0.25) is 0 Å². The summed E-state index contributed by atoms with van der Waals surface area (Å²) < 4.78 is 36.9. The van der Waals surface area contributed by atoms with E-state index in [-0.39, 0.29) is 6.10 Å². The highest BCUT2D eigenvalue weighted by molar-refractivity contribution is 7.79. The lowest BCUT2D eigenvalue weighted by molar-refractivity contribution is -0.929. The van der Waals surface area contributed by atoms with Crippen molar-refractivity contribution in [3.8, 4) is 0 Å². The summed E-state index contributed by atoms with van der Waals surface area (Å²) in [7, 11) is -5.17. The van der Waals surface area contributed by atoms with E-state index in [1.165, 1.54) is 170 Å². The summed E-state index contributed by atoms with van der Waals surface area (Å²) >= 11 is 0. The Labute approximate surface area is 313 Å². The quantitative estimate of drug-likeness (QED) is 0.0552. The number of rotatable bonds is 27. The zero-order valence-electron chi connectivity index (χ0n) is 34.7. The van der Waals surface area contributed by atoms with E-state index < -0.39 is 10.4 Å². The predicted octanol–water partition coefficient (Wildman–Crippen LogP) is 10.7. The molecule has 1 rings (SSSR count). The van der Waals surface area contributed by atoms with Gasteiger partial charge in [-0.15, -0.1) is 0 Å². The van der Waals surface area contributed by atoms with Crippen molar-refractivity contribution in [2.45, 2.75) is 184 Å². The smallest absolute Gasteiger partial charge is 0.0786 e. The van der Waals surface area contributed by atoms with E-state index in [0.717, 1.165) is 12.8 Å². The van der Waals surface area contributed by atoms with Gasteiger partial charge in [0, 0.05) is 10.4 Å². The zero-order chi connectivity index (χ0) is 38.6. The number of aliphatic hydroxyl groups excluding tert-OH is 1. The molecule has 1 unspecified atom stereocenters. The molecule has 0 aliphatic rings. The number of benzene rings is 1. The van der Waals surface area contributed by atoms with Crippen molar-refractivity contribution < 1.29 is 31.6 Å². The third kappa shape index (κ3) is 36.8. The maximum Gasteiger partial charge on any atom is 0.0786 e. The van der Waals surface area contributed by atoms with Crippen molar-refractivity contribution in [2.75, 3.05) is 52.4 Å². The van der Waals surface area contributed by atoms with Crippen molar-refractivity contribution in [2.24, 2.45) is 0 Å². The Balaban J connectivity index is -0.000000630. The first kappa shape index (κ1) is 53.3. The molecule has 8 heteroatoms. The largest absolute Gasteiger partial charge is 0.759 e. The van der Waals surface area contributed by atoms with Crippen LogP contribution in [0.3, 0.4) is 0 Å². The molecule has 0 aromatic heterocycles. The molecule has 7 nitrogen and oxygen atoms in total. The van der Waals surface area contributed by atoms with E-state index in [4.69, 9.17) is 22.6 Å². The standard InChI is InChI=1S/2C16H36N.C10H14O.H2O4S/c2*1-5-9-13-17(14-10-6-2,15-11-7-3)16-12-8-4;1-9(11)7-8-10-5-3-2-4-6-10;1-5(2,3)4/h2*5-16H2,1-4H3;2-6,9,11H,7-8H2,1H3;(H2,1,2,3,4)/q2*+1;;/p-2. The SMILES string of the molecule is CC(O)CCc1ccccc1.CCCC[N+](CCCC)(CCCC)CCCC.CCCC[N+](CCCC)(CCCC)CCCC.O=S(=O)([O-])[O-]. The second-order valence-electron chi connectivity index (χ2n) is 14.6. The molecule has 0 bridgehead atoms. The number of hydrogen-bond acceptors (Lipinski definition) is 5. The third-order valence-electron chi connectivity index (χ3n) is 9.58. The van der Waals surface area contributed by atoms with Crippen LogP contribution in [0.15, 0.2) is 30.3 Å². The van der Waals surface area contributed by atoms with Gasteiger partial charge < -0.3 is 23.2 Å². The van der Waals surface area contributed by atoms with E-state index in [1.54, 1.807) is 0 Å².